The van der Waals surface area contributed by atoms with Crippen molar-refractivity contribution in [3.05, 3.63) is 24.3 Å². The van der Waals surface area contributed by atoms with Crippen molar-refractivity contribution in [1.29, 1.82) is 0 Å². The average Bonchev–Trinajstić information content (AvgIpc) is 2.38. The molecule has 4 heteroatoms. The molecule has 2 rings (SSSR count). The smallest absolute Gasteiger partial charge is 0.168 e. The van der Waals surface area contributed by atoms with E-state index in [1.54, 1.807) is 0 Å². The van der Waals surface area contributed by atoms with Crippen LogP contribution in [-0.4, -0.2) is 11.7 Å². The molecular formula is C14H20N2OS. The summed E-state index contributed by atoms with van der Waals surface area (Å²) in [4.78, 5) is 0. The zero-order valence-electron chi connectivity index (χ0n) is 10.5. The normalized spacial score (nSPS) is 16.2. The van der Waals surface area contributed by atoms with Gasteiger partial charge in [0.25, 0.3) is 0 Å². The Kier molecular flexibility index (Phi) is 4.81. The minimum absolute atomic E-state index is 0.283. The molecule has 0 aromatic heterocycles. The summed E-state index contributed by atoms with van der Waals surface area (Å²) in [5.74, 6) is 1.64. The fourth-order valence-corrected chi connectivity index (χ4v) is 2.46. The lowest BCUT2D eigenvalue weighted by Gasteiger charge is -2.21. The zero-order valence-corrected chi connectivity index (χ0v) is 11.3. The van der Waals surface area contributed by atoms with Gasteiger partial charge in [0, 0.05) is 5.69 Å². The van der Waals surface area contributed by atoms with E-state index in [1.807, 2.05) is 24.3 Å². The summed E-state index contributed by atoms with van der Waals surface area (Å²) in [5.41, 5.74) is 6.30. The van der Waals surface area contributed by atoms with Crippen LogP contribution in [0.15, 0.2) is 24.3 Å². The number of rotatable bonds is 4. The number of ether oxygens (including phenoxy) is 1. The molecule has 1 aliphatic rings. The van der Waals surface area contributed by atoms with Gasteiger partial charge in [-0.3, -0.25) is 0 Å². The van der Waals surface area contributed by atoms with Gasteiger partial charge in [-0.1, -0.05) is 19.3 Å². The van der Waals surface area contributed by atoms with Crippen LogP contribution in [0.3, 0.4) is 0 Å². The van der Waals surface area contributed by atoms with E-state index >= 15 is 0 Å². The zero-order chi connectivity index (χ0) is 12.8. The van der Waals surface area contributed by atoms with E-state index in [9.17, 15) is 0 Å². The number of benzene rings is 1. The molecule has 18 heavy (non-hydrogen) atoms. The average molecular weight is 264 g/mol. The Bertz CT molecular complexity index is 385. The first-order valence-corrected chi connectivity index (χ1v) is 6.94. The Morgan fingerprint density at radius 2 is 1.89 bits per heavy atom. The molecule has 0 aliphatic heterocycles. The molecule has 0 heterocycles. The lowest BCUT2D eigenvalue weighted by atomic mass is 9.90. The summed E-state index contributed by atoms with van der Waals surface area (Å²) in [5, 5.41) is 3.17. The molecule has 0 atom stereocenters. The largest absolute Gasteiger partial charge is 0.493 e. The van der Waals surface area contributed by atoms with Crippen LogP contribution in [0.5, 0.6) is 5.75 Å². The first-order chi connectivity index (χ1) is 8.74. The number of nitrogens with two attached hydrogens (primary N) is 1. The maximum Gasteiger partial charge on any atom is 0.168 e. The van der Waals surface area contributed by atoms with Crippen molar-refractivity contribution >= 4 is 23.0 Å². The second-order valence-corrected chi connectivity index (χ2v) is 5.27. The fraction of sp³-hybridized carbons (Fsp3) is 0.500. The van der Waals surface area contributed by atoms with Crippen LogP contribution in [0.2, 0.25) is 0 Å². The number of anilines is 1. The van der Waals surface area contributed by atoms with Crippen molar-refractivity contribution in [1.82, 2.24) is 0 Å². The highest BCUT2D eigenvalue weighted by Crippen LogP contribution is 2.25. The fourth-order valence-electron chi connectivity index (χ4n) is 2.34. The Balaban J connectivity index is 1.80. The molecule has 0 amide bonds. The highest BCUT2D eigenvalue weighted by Gasteiger charge is 2.13. The van der Waals surface area contributed by atoms with Gasteiger partial charge < -0.3 is 15.8 Å². The third-order valence-electron chi connectivity index (χ3n) is 3.33. The van der Waals surface area contributed by atoms with E-state index in [0.717, 1.165) is 24.0 Å². The van der Waals surface area contributed by atoms with E-state index in [0.29, 0.717) is 0 Å². The molecule has 1 aromatic rings. The van der Waals surface area contributed by atoms with Gasteiger partial charge in [0.15, 0.2) is 5.11 Å². The lowest BCUT2D eigenvalue weighted by molar-refractivity contribution is 0.209. The number of thiocarbonyl (C=S) groups is 1. The molecule has 98 valence electrons. The molecular weight excluding hydrogens is 244 g/mol. The minimum atomic E-state index is 0.283. The van der Waals surface area contributed by atoms with Crippen molar-refractivity contribution in [2.24, 2.45) is 11.7 Å². The molecule has 0 spiro atoms. The van der Waals surface area contributed by atoms with Crippen LogP contribution < -0.4 is 15.8 Å². The lowest BCUT2D eigenvalue weighted by Crippen LogP contribution is -2.18. The molecule has 0 saturated heterocycles. The monoisotopic (exact) mass is 264 g/mol. The van der Waals surface area contributed by atoms with Crippen LogP contribution >= 0.6 is 12.2 Å². The van der Waals surface area contributed by atoms with Crippen LogP contribution in [0.4, 0.5) is 5.69 Å². The van der Waals surface area contributed by atoms with Gasteiger partial charge in [0.1, 0.15) is 5.75 Å². The first-order valence-electron chi connectivity index (χ1n) is 6.53. The Hall–Kier alpha value is -1.29. The van der Waals surface area contributed by atoms with E-state index in [-0.39, 0.29) is 5.11 Å². The van der Waals surface area contributed by atoms with Crippen molar-refractivity contribution in [3.63, 3.8) is 0 Å². The molecule has 3 N–H and O–H groups in total. The van der Waals surface area contributed by atoms with Crippen LogP contribution in [-0.2, 0) is 0 Å². The van der Waals surface area contributed by atoms with Crippen molar-refractivity contribution < 1.29 is 4.74 Å². The third-order valence-corrected chi connectivity index (χ3v) is 3.43. The van der Waals surface area contributed by atoms with Gasteiger partial charge in [0.05, 0.1) is 6.61 Å². The standard InChI is InChI=1S/C14H20N2OS/c15-14(18)16-12-6-8-13(9-7-12)17-10-11-4-2-1-3-5-11/h6-9,11H,1-5,10H2,(H3,15,16,18). The number of hydrogen-bond donors (Lipinski definition) is 2. The van der Waals surface area contributed by atoms with E-state index in [4.69, 9.17) is 22.7 Å². The Morgan fingerprint density at radius 3 is 2.50 bits per heavy atom. The van der Waals surface area contributed by atoms with Crippen LogP contribution in [0.1, 0.15) is 32.1 Å². The molecule has 0 unspecified atom stereocenters. The summed E-state index contributed by atoms with van der Waals surface area (Å²) in [6, 6.07) is 7.75. The van der Waals surface area contributed by atoms with E-state index in [2.05, 4.69) is 5.32 Å². The molecule has 1 fully saturated rings. The quantitative estimate of drug-likeness (QED) is 0.819. The van der Waals surface area contributed by atoms with Gasteiger partial charge in [-0.15, -0.1) is 0 Å². The maximum atomic E-state index is 5.81. The summed E-state index contributed by atoms with van der Waals surface area (Å²) >= 11 is 4.78. The maximum absolute atomic E-state index is 5.81. The van der Waals surface area contributed by atoms with Gasteiger partial charge in [-0.25, -0.2) is 0 Å². The highest BCUT2D eigenvalue weighted by molar-refractivity contribution is 7.80. The van der Waals surface area contributed by atoms with E-state index < -0.39 is 0 Å². The van der Waals surface area contributed by atoms with Crippen molar-refractivity contribution in [3.8, 4) is 5.75 Å². The van der Waals surface area contributed by atoms with Crippen LogP contribution in [0.25, 0.3) is 0 Å². The second kappa shape index (κ2) is 6.59. The predicted octanol–water partition coefficient (Wildman–Crippen LogP) is 3.30. The second-order valence-electron chi connectivity index (χ2n) is 4.83. The molecule has 3 nitrogen and oxygen atoms in total. The number of nitrogens with one attached hydrogen (secondary N) is 1. The molecule has 0 radical (unpaired) electrons. The van der Waals surface area contributed by atoms with Gasteiger partial charge in [0.2, 0.25) is 0 Å². The third kappa shape index (κ3) is 4.18. The highest BCUT2D eigenvalue weighted by atomic mass is 32.1. The number of hydrogen-bond acceptors (Lipinski definition) is 2. The topological polar surface area (TPSA) is 47.3 Å². The summed E-state index contributed by atoms with van der Waals surface area (Å²) < 4.78 is 5.81. The summed E-state index contributed by atoms with van der Waals surface area (Å²) in [6.45, 7) is 0.835. The molecule has 1 aromatic carbocycles. The van der Waals surface area contributed by atoms with Crippen molar-refractivity contribution in [2.75, 3.05) is 11.9 Å². The summed E-state index contributed by atoms with van der Waals surface area (Å²) in [7, 11) is 0. The van der Waals surface area contributed by atoms with Crippen molar-refractivity contribution in [2.45, 2.75) is 32.1 Å². The Labute approximate surface area is 114 Å². The molecule has 1 saturated carbocycles. The van der Waals surface area contributed by atoms with E-state index in [1.165, 1.54) is 32.1 Å². The Morgan fingerprint density at radius 1 is 1.22 bits per heavy atom. The van der Waals surface area contributed by atoms with Crippen LogP contribution in [0, 0.1) is 5.92 Å². The van der Waals surface area contributed by atoms with Gasteiger partial charge in [-0.2, -0.15) is 0 Å². The minimum Gasteiger partial charge on any atom is -0.493 e. The summed E-state index contributed by atoms with van der Waals surface area (Å²) in [6.07, 6.45) is 6.70. The van der Waals surface area contributed by atoms with Gasteiger partial charge >= 0.3 is 0 Å². The predicted molar refractivity (Wildman–Crippen MR) is 78.9 cm³/mol. The molecule has 1 aliphatic carbocycles. The SMILES string of the molecule is NC(=S)Nc1ccc(OCC2CCCCC2)cc1. The first kappa shape index (κ1) is 13.1. The molecule has 0 bridgehead atoms. The van der Waals surface area contributed by atoms with Gasteiger partial charge in [-0.05, 0) is 55.2 Å².